The molecule has 0 saturated heterocycles. The molecule has 1 aliphatic rings. The number of hydrogen-bond acceptors (Lipinski definition) is 6. The van der Waals surface area contributed by atoms with Gasteiger partial charge in [0.05, 0.1) is 24.2 Å². The summed E-state index contributed by atoms with van der Waals surface area (Å²) < 4.78 is 38.6. The second kappa shape index (κ2) is 10.3. The van der Waals surface area contributed by atoms with Crippen molar-refractivity contribution in [3.8, 4) is 5.75 Å². The van der Waals surface area contributed by atoms with Gasteiger partial charge >= 0.3 is 5.97 Å². The van der Waals surface area contributed by atoms with Crippen LogP contribution >= 0.6 is 0 Å². The molecular formula is C26H26N2O6S. The molecule has 1 aliphatic heterocycles. The number of fused-ring (bicyclic) bond motifs is 1. The van der Waals surface area contributed by atoms with E-state index in [1.807, 2.05) is 31.2 Å². The molecule has 3 aromatic carbocycles. The summed E-state index contributed by atoms with van der Waals surface area (Å²) in [6.07, 6.45) is 0.235. The molecule has 0 bridgehead atoms. The van der Waals surface area contributed by atoms with Crippen molar-refractivity contribution >= 4 is 27.6 Å². The lowest BCUT2D eigenvalue weighted by Crippen LogP contribution is -2.50. The summed E-state index contributed by atoms with van der Waals surface area (Å²) >= 11 is 0. The molecule has 0 saturated carbocycles. The van der Waals surface area contributed by atoms with E-state index in [2.05, 4.69) is 5.32 Å². The van der Waals surface area contributed by atoms with E-state index in [9.17, 15) is 18.0 Å². The topological polar surface area (TPSA) is 102 Å². The van der Waals surface area contributed by atoms with E-state index in [0.717, 1.165) is 11.1 Å². The third-order valence-corrected chi connectivity index (χ3v) is 7.69. The molecule has 0 radical (unpaired) electrons. The van der Waals surface area contributed by atoms with Crippen LogP contribution in [0.4, 0.5) is 5.69 Å². The Morgan fingerprint density at radius 3 is 2.26 bits per heavy atom. The fourth-order valence-corrected chi connectivity index (χ4v) is 5.58. The molecule has 35 heavy (non-hydrogen) atoms. The van der Waals surface area contributed by atoms with Crippen molar-refractivity contribution in [1.29, 1.82) is 0 Å². The van der Waals surface area contributed by atoms with Crippen molar-refractivity contribution in [3.05, 3.63) is 89.5 Å². The zero-order valence-electron chi connectivity index (χ0n) is 19.4. The maximum atomic E-state index is 13.6. The second-order valence-corrected chi connectivity index (χ2v) is 9.89. The van der Waals surface area contributed by atoms with Crippen LogP contribution in [-0.4, -0.2) is 44.4 Å². The number of anilines is 1. The van der Waals surface area contributed by atoms with Gasteiger partial charge in [-0.05, 0) is 73.0 Å². The second-order valence-electron chi connectivity index (χ2n) is 8.00. The first kappa shape index (κ1) is 24.4. The van der Waals surface area contributed by atoms with Crippen LogP contribution in [0.3, 0.4) is 0 Å². The molecule has 1 atom stereocenters. The number of carbonyl (C=O) groups is 2. The highest BCUT2D eigenvalue weighted by Gasteiger charge is 2.39. The van der Waals surface area contributed by atoms with Gasteiger partial charge in [-0.3, -0.25) is 4.79 Å². The molecule has 1 N–H and O–H groups in total. The van der Waals surface area contributed by atoms with Crippen molar-refractivity contribution in [2.75, 3.05) is 19.0 Å². The first-order valence-corrected chi connectivity index (χ1v) is 12.6. The number of rotatable bonds is 7. The van der Waals surface area contributed by atoms with Crippen LogP contribution in [0, 0.1) is 0 Å². The van der Waals surface area contributed by atoms with Crippen molar-refractivity contribution in [3.63, 3.8) is 0 Å². The van der Waals surface area contributed by atoms with Gasteiger partial charge in [0.2, 0.25) is 15.9 Å². The molecule has 182 valence electrons. The van der Waals surface area contributed by atoms with Crippen LogP contribution < -0.4 is 10.1 Å². The molecule has 0 unspecified atom stereocenters. The SMILES string of the molecule is CCOc1ccc(S(=O)(=O)N2Cc3ccccc3C[C@H]2C(=O)Nc2ccc(C(=O)OC)cc2)cc1. The predicted octanol–water partition coefficient (Wildman–Crippen LogP) is 3.63. The lowest BCUT2D eigenvalue weighted by atomic mass is 9.95. The molecule has 1 amide bonds. The van der Waals surface area contributed by atoms with Crippen molar-refractivity contribution in [2.45, 2.75) is 30.8 Å². The molecular weight excluding hydrogens is 468 g/mol. The Bertz CT molecular complexity index is 1320. The number of sulfonamides is 1. The van der Waals surface area contributed by atoms with E-state index >= 15 is 0 Å². The largest absolute Gasteiger partial charge is 0.494 e. The molecule has 0 fully saturated rings. The Labute approximate surface area is 204 Å². The molecule has 1 heterocycles. The highest BCUT2D eigenvalue weighted by Crippen LogP contribution is 2.30. The number of esters is 1. The fourth-order valence-electron chi connectivity index (χ4n) is 4.02. The predicted molar refractivity (Wildman–Crippen MR) is 131 cm³/mol. The minimum Gasteiger partial charge on any atom is -0.494 e. The molecule has 8 nitrogen and oxygen atoms in total. The third-order valence-electron chi connectivity index (χ3n) is 5.82. The molecule has 0 aromatic heterocycles. The molecule has 9 heteroatoms. The number of carbonyl (C=O) groups excluding carboxylic acids is 2. The minimum absolute atomic E-state index is 0.0745. The summed E-state index contributed by atoms with van der Waals surface area (Å²) in [5, 5.41) is 2.79. The normalized spacial score (nSPS) is 15.7. The number of hydrogen-bond donors (Lipinski definition) is 1. The van der Waals surface area contributed by atoms with Crippen LogP contribution in [0.15, 0.2) is 77.7 Å². The van der Waals surface area contributed by atoms with E-state index in [-0.39, 0.29) is 17.9 Å². The first-order valence-electron chi connectivity index (χ1n) is 11.1. The number of ether oxygens (including phenoxy) is 2. The zero-order chi connectivity index (χ0) is 25.0. The number of methoxy groups -OCH3 is 1. The lowest BCUT2D eigenvalue weighted by Gasteiger charge is -2.35. The Morgan fingerprint density at radius 1 is 0.971 bits per heavy atom. The Balaban J connectivity index is 1.63. The molecule has 0 aliphatic carbocycles. The zero-order valence-corrected chi connectivity index (χ0v) is 20.2. The quantitative estimate of drug-likeness (QED) is 0.504. The molecule has 4 rings (SSSR count). The van der Waals surface area contributed by atoms with E-state index in [1.165, 1.54) is 35.7 Å². The summed E-state index contributed by atoms with van der Waals surface area (Å²) in [5.41, 5.74) is 2.57. The summed E-state index contributed by atoms with van der Waals surface area (Å²) in [6.45, 7) is 2.39. The highest BCUT2D eigenvalue weighted by atomic mass is 32.2. The smallest absolute Gasteiger partial charge is 0.337 e. The van der Waals surface area contributed by atoms with Crippen molar-refractivity contribution < 1.29 is 27.5 Å². The van der Waals surface area contributed by atoms with Gasteiger partial charge in [-0.2, -0.15) is 4.31 Å². The van der Waals surface area contributed by atoms with Crippen LogP contribution in [0.5, 0.6) is 5.75 Å². The van der Waals surface area contributed by atoms with Gasteiger partial charge < -0.3 is 14.8 Å². The standard InChI is InChI=1S/C26H26N2O6S/c1-3-34-22-12-14-23(15-13-22)35(31,32)28-17-20-7-5-4-6-19(20)16-24(28)25(29)27-21-10-8-18(9-11-21)26(30)33-2/h4-15,24H,3,16-17H2,1-2H3,(H,27,29)/t24-/m0/s1. The average Bonchev–Trinajstić information content (AvgIpc) is 2.88. The fraction of sp³-hybridized carbons (Fsp3) is 0.231. The maximum Gasteiger partial charge on any atom is 0.337 e. The molecule has 3 aromatic rings. The van der Waals surface area contributed by atoms with Crippen LogP contribution in [0.25, 0.3) is 0 Å². The summed E-state index contributed by atoms with van der Waals surface area (Å²) in [5.74, 6) is -0.376. The van der Waals surface area contributed by atoms with E-state index < -0.39 is 27.9 Å². The third kappa shape index (κ3) is 5.21. The average molecular weight is 495 g/mol. The van der Waals surface area contributed by atoms with Crippen molar-refractivity contribution in [1.82, 2.24) is 4.31 Å². The number of amides is 1. The maximum absolute atomic E-state index is 13.6. The van der Waals surface area contributed by atoms with Crippen LogP contribution in [-0.2, 0) is 32.5 Å². The van der Waals surface area contributed by atoms with Gasteiger partial charge in [-0.15, -0.1) is 0 Å². The monoisotopic (exact) mass is 494 g/mol. The van der Waals surface area contributed by atoms with Crippen LogP contribution in [0.2, 0.25) is 0 Å². The van der Waals surface area contributed by atoms with Gasteiger partial charge in [-0.1, -0.05) is 24.3 Å². The number of nitrogens with zero attached hydrogens (tertiary/aromatic N) is 1. The van der Waals surface area contributed by atoms with Crippen molar-refractivity contribution in [2.24, 2.45) is 0 Å². The Kier molecular flexibility index (Phi) is 7.18. The summed E-state index contributed by atoms with van der Waals surface area (Å²) in [7, 11) is -2.70. The van der Waals surface area contributed by atoms with Gasteiger partial charge in [-0.25, -0.2) is 13.2 Å². The summed E-state index contributed by atoms with van der Waals surface area (Å²) in [4.78, 5) is 25.1. The van der Waals surface area contributed by atoms with Gasteiger partial charge in [0.25, 0.3) is 0 Å². The Hall–Kier alpha value is -3.69. The highest BCUT2D eigenvalue weighted by molar-refractivity contribution is 7.89. The summed E-state index contributed by atoms with van der Waals surface area (Å²) in [6, 6.07) is 18.9. The minimum atomic E-state index is -3.99. The molecule has 0 spiro atoms. The van der Waals surface area contributed by atoms with Gasteiger partial charge in [0.15, 0.2) is 0 Å². The Morgan fingerprint density at radius 2 is 1.63 bits per heavy atom. The lowest BCUT2D eigenvalue weighted by molar-refractivity contribution is -0.120. The van der Waals surface area contributed by atoms with Gasteiger partial charge in [0, 0.05) is 12.2 Å². The van der Waals surface area contributed by atoms with Crippen LogP contribution in [0.1, 0.15) is 28.4 Å². The van der Waals surface area contributed by atoms with E-state index in [1.54, 1.807) is 24.3 Å². The number of nitrogens with one attached hydrogen (secondary N) is 1. The van der Waals surface area contributed by atoms with Gasteiger partial charge in [0.1, 0.15) is 11.8 Å². The first-order chi connectivity index (χ1) is 16.8. The van der Waals surface area contributed by atoms with E-state index in [4.69, 9.17) is 9.47 Å². The number of benzene rings is 3. The van der Waals surface area contributed by atoms with E-state index in [0.29, 0.717) is 23.6 Å².